The lowest BCUT2D eigenvalue weighted by Crippen LogP contribution is -2.62. The second-order valence-electron chi connectivity index (χ2n) is 10.7. The topological polar surface area (TPSA) is 50.1 Å². The van der Waals surface area contributed by atoms with E-state index in [2.05, 4.69) is 15.2 Å². The van der Waals surface area contributed by atoms with Crippen LogP contribution in [0.3, 0.4) is 0 Å². The number of aromatic nitrogens is 4. The van der Waals surface area contributed by atoms with Crippen molar-refractivity contribution in [2.45, 2.75) is 57.2 Å². The Balaban J connectivity index is 1.23. The van der Waals surface area contributed by atoms with E-state index in [1.165, 1.54) is 9.80 Å². The number of nitrogens with zero attached hydrogens (tertiary/aromatic N) is 6. The van der Waals surface area contributed by atoms with E-state index in [0.29, 0.717) is 59.9 Å². The first-order valence-electron chi connectivity index (χ1n) is 12.3. The van der Waals surface area contributed by atoms with E-state index in [4.69, 9.17) is 11.6 Å². The number of hydrogen-bond donors (Lipinski definition) is 0. The zero-order valence-electron chi connectivity index (χ0n) is 20.5. The maximum Gasteiger partial charge on any atom is 0.433 e. The van der Waals surface area contributed by atoms with Gasteiger partial charge in [-0.15, -0.1) is 10.2 Å². The average molecular weight is 575 g/mol. The highest BCUT2D eigenvalue weighted by atomic mass is 35.5. The number of anilines is 1. The van der Waals surface area contributed by atoms with Gasteiger partial charge in [-0.05, 0) is 55.7 Å². The molecule has 1 aromatic carbocycles. The molecule has 0 radical (unpaired) electrons. The van der Waals surface area contributed by atoms with Crippen LogP contribution in [0.25, 0.3) is 5.69 Å². The van der Waals surface area contributed by atoms with Gasteiger partial charge in [-0.1, -0.05) is 11.6 Å². The largest absolute Gasteiger partial charge is 0.433 e. The molecule has 1 aliphatic carbocycles. The van der Waals surface area contributed by atoms with Gasteiger partial charge in [-0.2, -0.15) is 26.3 Å². The van der Waals surface area contributed by atoms with Gasteiger partial charge in [-0.3, -0.25) is 9.47 Å². The van der Waals surface area contributed by atoms with Crippen LogP contribution in [0.1, 0.15) is 48.6 Å². The van der Waals surface area contributed by atoms with Gasteiger partial charge in [0.2, 0.25) is 0 Å². The number of alkyl halides is 6. The Kier molecular flexibility index (Phi) is 5.92. The van der Waals surface area contributed by atoms with E-state index in [9.17, 15) is 30.7 Å². The second kappa shape index (κ2) is 8.79. The second-order valence-corrected chi connectivity index (χ2v) is 11.1. The van der Waals surface area contributed by atoms with Crippen molar-refractivity contribution in [2.75, 3.05) is 18.0 Å². The number of pyridine rings is 1. The monoisotopic (exact) mass is 574 g/mol. The van der Waals surface area contributed by atoms with Gasteiger partial charge in [0.25, 0.3) is 0 Å². The first-order valence-corrected chi connectivity index (χ1v) is 12.6. The van der Waals surface area contributed by atoms with Crippen LogP contribution in [0, 0.1) is 11.2 Å². The minimum atomic E-state index is -4.67. The first-order chi connectivity index (χ1) is 18.2. The Morgan fingerprint density at radius 1 is 1.00 bits per heavy atom. The van der Waals surface area contributed by atoms with Gasteiger partial charge in [-0.25, -0.2) is 9.37 Å². The molecule has 39 heavy (non-hydrogen) atoms. The lowest BCUT2D eigenvalue weighted by atomic mass is 9.57. The van der Waals surface area contributed by atoms with Crippen LogP contribution in [-0.4, -0.2) is 50.0 Å². The molecular formula is C25H22ClF7N6. The number of rotatable bonds is 3. The van der Waals surface area contributed by atoms with Crippen LogP contribution in [0.2, 0.25) is 5.02 Å². The minimum Gasteiger partial charge on any atom is -0.353 e. The van der Waals surface area contributed by atoms with Crippen LogP contribution < -0.4 is 4.90 Å². The van der Waals surface area contributed by atoms with Crippen molar-refractivity contribution in [3.8, 4) is 5.69 Å². The summed E-state index contributed by atoms with van der Waals surface area (Å²) in [6.07, 6.45) is -7.84. The molecule has 0 bridgehead atoms. The van der Waals surface area contributed by atoms with Crippen LogP contribution in [-0.2, 0) is 19.3 Å². The summed E-state index contributed by atoms with van der Waals surface area (Å²) in [6, 6.07) is 4.74. The van der Waals surface area contributed by atoms with Crippen LogP contribution in [0.15, 0.2) is 30.3 Å². The van der Waals surface area contributed by atoms with Gasteiger partial charge in [0.15, 0.2) is 17.5 Å². The number of fused-ring (bicyclic) bond motifs is 3. The van der Waals surface area contributed by atoms with Crippen LogP contribution >= 0.6 is 11.6 Å². The summed E-state index contributed by atoms with van der Waals surface area (Å²) in [6.45, 7) is 1.76. The van der Waals surface area contributed by atoms with Crippen LogP contribution in [0.5, 0.6) is 0 Å². The highest BCUT2D eigenvalue weighted by Crippen LogP contribution is 2.57. The number of hydrogen-bond acceptors (Lipinski definition) is 5. The zero-order valence-corrected chi connectivity index (χ0v) is 21.2. The summed E-state index contributed by atoms with van der Waals surface area (Å²) in [7, 11) is 0. The van der Waals surface area contributed by atoms with Crippen molar-refractivity contribution >= 4 is 17.4 Å². The predicted octanol–water partition coefficient (Wildman–Crippen LogP) is 6.12. The molecule has 2 aliphatic heterocycles. The first kappa shape index (κ1) is 26.3. The molecule has 1 saturated carbocycles. The molecule has 6 rings (SSSR count). The summed E-state index contributed by atoms with van der Waals surface area (Å²) in [5.74, 6) is -0.205. The fourth-order valence-electron chi connectivity index (χ4n) is 5.95. The maximum absolute atomic E-state index is 14.3. The normalized spacial score (nSPS) is 20.2. The molecule has 2 fully saturated rings. The van der Waals surface area contributed by atoms with E-state index < -0.39 is 29.9 Å². The third kappa shape index (κ3) is 4.52. The Labute approximate surface area is 223 Å². The molecule has 14 heteroatoms. The Bertz CT molecular complexity index is 1420. The lowest BCUT2D eigenvalue weighted by Gasteiger charge is -2.59. The van der Waals surface area contributed by atoms with Gasteiger partial charge in [0.1, 0.15) is 17.6 Å². The molecule has 1 saturated heterocycles. The molecule has 2 aromatic heterocycles. The van der Waals surface area contributed by atoms with Crippen LogP contribution in [0.4, 0.5) is 36.6 Å². The third-order valence-electron chi connectivity index (χ3n) is 7.97. The lowest BCUT2D eigenvalue weighted by molar-refractivity contribution is -0.182. The van der Waals surface area contributed by atoms with E-state index in [0.717, 1.165) is 13.0 Å². The molecular weight excluding hydrogens is 553 g/mol. The molecule has 3 aliphatic rings. The maximum atomic E-state index is 14.3. The Morgan fingerprint density at radius 2 is 1.72 bits per heavy atom. The van der Waals surface area contributed by atoms with Crippen molar-refractivity contribution in [3.63, 3.8) is 0 Å². The molecule has 1 unspecified atom stereocenters. The summed E-state index contributed by atoms with van der Waals surface area (Å²) in [5.41, 5.74) is -0.0970. The standard InChI is InChI=1S/C25H22ClF7N6/c1-13(24(28,29)30)37-9-14-6-16(26)2-4-18(14)39-20(10-37)35-36-21(39)15-7-23(8-15)11-38(12-23)22-17(27)3-5-19(34-22)25(31,32)33/h2-6,13,15H,7-12H2,1H3. The molecule has 4 heterocycles. The Morgan fingerprint density at radius 3 is 2.38 bits per heavy atom. The number of halogens is 8. The minimum absolute atomic E-state index is 0.0263. The van der Waals surface area contributed by atoms with Crippen molar-refractivity contribution in [2.24, 2.45) is 5.41 Å². The zero-order chi connectivity index (χ0) is 27.9. The summed E-state index contributed by atoms with van der Waals surface area (Å²) in [5, 5.41) is 9.00. The van der Waals surface area contributed by atoms with E-state index in [1.807, 2.05) is 0 Å². The smallest absolute Gasteiger partial charge is 0.353 e. The van der Waals surface area contributed by atoms with E-state index >= 15 is 0 Å². The van der Waals surface area contributed by atoms with Gasteiger partial charge >= 0.3 is 12.4 Å². The van der Waals surface area contributed by atoms with Gasteiger partial charge in [0, 0.05) is 36.0 Å². The fourth-order valence-corrected chi connectivity index (χ4v) is 6.14. The number of benzene rings is 1. The van der Waals surface area contributed by atoms with Gasteiger partial charge < -0.3 is 4.90 Å². The molecule has 1 atom stereocenters. The Hall–Kier alpha value is -2.93. The molecule has 0 amide bonds. The summed E-state index contributed by atoms with van der Waals surface area (Å²) >= 11 is 6.18. The summed E-state index contributed by atoms with van der Waals surface area (Å²) in [4.78, 5) is 6.29. The quantitative estimate of drug-likeness (QED) is 0.353. The predicted molar refractivity (Wildman–Crippen MR) is 127 cm³/mol. The third-order valence-corrected chi connectivity index (χ3v) is 8.21. The highest BCUT2D eigenvalue weighted by Gasteiger charge is 2.55. The highest BCUT2D eigenvalue weighted by molar-refractivity contribution is 6.30. The molecule has 6 nitrogen and oxygen atoms in total. The van der Waals surface area contributed by atoms with E-state index in [1.54, 1.807) is 22.8 Å². The van der Waals surface area contributed by atoms with Crippen molar-refractivity contribution in [1.29, 1.82) is 0 Å². The fraction of sp³-hybridized carbons (Fsp3) is 0.480. The van der Waals surface area contributed by atoms with E-state index in [-0.39, 0.29) is 30.2 Å². The van der Waals surface area contributed by atoms with Crippen molar-refractivity contribution < 1.29 is 30.7 Å². The average Bonchev–Trinajstić information content (AvgIpc) is 3.11. The SMILES string of the molecule is CC(N1Cc2cc(Cl)ccc2-n2c(nnc2C2CC3(C2)CN(c2nc(C(F)(F)F)ccc2F)C3)C1)C(F)(F)F. The van der Waals surface area contributed by atoms with Crippen molar-refractivity contribution in [3.05, 3.63) is 64.1 Å². The molecule has 0 N–H and O–H groups in total. The van der Waals surface area contributed by atoms with Crippen molar-refractivity contribution in [1.82, 2.24) is 24.6 Å². The van der Waals surface area contributed by atoms with Gasteiger partial charge in [0.05, 0.1) is 12.2 Å². The molecule has 1 spiro atoms. The molecule has 3 aromatic rings. The molecule has 208 valence electrons. The summed E-state index contributed by atoms with van der Waals surface area (Å²) < 4.78 is 96.0.